The topological polar surface area (TPSA) is 46.6 Å². The Hall–Kier alpha value is -2.46. The summed E-state index contributed by atoms with van der Waals surface area (Å²) in [6.07, 6.45) is 3.18. The lowest BCUT2D eigenvalue weighted by molar-refractivity contribution is 0.0705. The van der Waals surface area contributed by atoms with Gasteiger partial charge in [-0.1, -0.05) is 17.7 Å². The summed E-state index contributed by atoms with van der Waals surface area (Å²) in [6, 6.07) is 14.2. The Balaban J connectivity index is 1.85. The molecule has 3 rings (SSSR count). The highest BCUT2D eigenvalue weighted by Gasteiger charge is 2.19. The number of furan rings is 2. The van der Waals surface area contributed by atoms with E-state index >= 15 is 0 Å². The molecule has 0 saturated carbocycles. The van der Waals surface area contributed by atoms with Crippen LogP contribution >= 0.6 is 11.6 Å². The zero-order chi connectivity index (χ0) is 15.4. The number of nitrogens with zero attached hydrogens (tertiary/aromatic N) is 1. The Kier molecular flexibility index (Phi) is 4.30. The van der Waals surface area contributed by atoms with Gasteiger partial charge in [0.15, 0.2) is 0 Å². The Morgan fingerprint density at radius 3 is 2.09 bits per heavy atom. The van der Waals surface area contributed by atoms with Crippen LogP contribution in [-0.4, -0.2) is 10.8 Å². The minimum atomic E-state index is -0.129. The van der Waals surface area contributed by atoms with E-state index in [4.69, 9.17) is 20.4 Å². The lowest BCUT2D eigenvalue weighted by atomic mass is 10.2. The predicted octanol–water partition coefficient (Wildman–Crippen LogP) is 4.37. The van der Waals surface area contributed by atoms with Gasteiger partial charge in [-0.05, 0) is 42.5 Å². The van der Waals surface area contributed by atoms with Crippen LogP contribution in [0.25, 0.3) is 0 Å². The van der Waals surface area contributed by atoms with Crippen LogP contribution < -0.4 is 0 Å². The summed E-state index contributed by atoms with van der Waals surface area (Å²) >= 11 is 5.97. The fourth-order valence-electron chi connectivity index (χ4n) is 2.18. The van der Waals surface area contributed by atoms with Gasteiger partial charge in [0.1, 0.15) is 11.5 Å². The molecule has 0 aliphatic rings. The third kappa shape index (κ3) is 3.40. The number of amides is 1. The number of carbonyl (C=O) groups is 1. The quantitative estimate of drug-likeness (QED) is 0.702. The smallest absolute Gasteiger partial charge is 0.254 e. The first kappa shape index (κ1) is 14.5. The molecule has 2 heterocycles. The molecule has 3 aromatic rings. The van der Waals surface area contributed by atoms with Crippen molar-refractivity contribution in [2.75, 3.05) is 0 Å². The van der Waals surface area contributed by atoms with Crippen molar-refractivity contribution in [2.45, 2.75) is 13.1 Å². The molecule has 1 amide bonds. The van der Waals surface area contributed by atoms with Crippen molar-refractivity contribution in [3.05, 3.63) is 83.2 Å². The molecule has 0 aliphatic heterocycles. The normalized spacial score (nSPS) is 10.6. The number of hydrogen-bond donors (Lipinski definition) is 0. The zero-order valence-electron chi connectivity index (χ0n) is 11.7. The van der Waals surface area contributed by atoms with Gasteiger partial charge in [-0.25, -0.2) is 0 Å². The minimum Gasteiger partial charge on any atom is -0.467 e. The molecule has 0 fully saturated rings. The van der Waals surface area contributed by atoms with Gasteiger partial charge in [-0.2, -0.15) is 0 Å². The van der Waals surface area contributed by atoms with Crippen molar-refractivity contribution in [3.63, 3.8) is 0 Å². The Labute approximate surface area is 132 Å². The highest BCUT2D eigenvalue weighted by Crippen LogP contribution is 2.17. The standard InChI is InChI=1S/C17H14ClNO3/c18-14-5-1-4-13(10-14)17(20)19(11-15-6-2-8-21-15)12-16-7-3-9-22-16/h1-10H,11-12H2. The highest BCUT2D eigenvalue weighted by atomic mass is 35.5. The van der Waals surface area contributed by atoms with Gasteiger partial charge < -0.3 is 13.7 Å². The van der Waals surface area contributed by atoms with Crippen LogP contribution in [0, 0.1) is 0 Å². The number of benzene rings is 1. The largest absolute Gasteiger partial charge is 0.467 e. The highest BCUT2D eigenvalue weighted by molar-refractivity contribution is 6.30. The summed E-state index contributed by atoms with van der Waals surface area (Å²) in [5, 5.41) is 0.529. The molecule has 2 aromatic heterocycles. The van der Waals surface area contributed by atoms with Gasteiger partial charge in [-0.15, -0.1) is 0 Å². The SMILES string of the molecule is O=C(c1cccc(Cl)c1)N(Cc1ccco1)Cc1ccco1. The summed E-state index contributed by atoms with van der Waals surface area (Å²) in [7, 11) is 0. The van der Waals surface area contributed by atoms with Crippen LogP contribution in [0.3, 0.4) is 0 Å². The molecule has 0 radical (unpaired) electrons. The summed E-state index contributed by atoms with van der Waals surface area (Å²) < 4.78 is 10.7. The molecule has 112 valence electrons. The zero-order valence-corrected chi connectivity index (χ0v) is 12.5. The van der Waals surface area contributed by atoms with Crippen molar-refractivity contribution >= 4 is 17.5 Å². The fourth-order valence-corrected chi connectivity index (χ4v) is 2.38. The van der Waals surface area contributed by atoms with Crippen LogP contribution in [0.5, 0.6) is 0 Å². The molecule has 0 atom stereocenters. The lowest BCUT2D eigenvalue weighted by Gasteiger charge is -2.20. The third-order valence-corrected chi connectivity index (χ3v) is 3.45. The molecule has 0 aliphatic carbocycles. The van der Waals surface area contributed by atoms with Crippen LogP contribution in [0.1, 0.15) is 21.9 Å². The van der Waals surface area contributed by atoms with E-state index in [0.29, 0.717) is 35.2 Å². The molecule has 0 bridgehead atoms. The van der Waals surface area contributed by atoms with Crippen molar-refractivity contribution in [1.29, 1.82) is 0 Å². The maximum Gasteiger partial charge on any atom is 0.254 e. The lowest BCUT2D eigenvalue weighted by Crippen LogP contribution is -2.29. The first-order valence-electron chi connectivity index (χ1n) is 6.82. The van der Waals surface area contributed by atoms with Crippen molar-refractivity contribution in [1.82, 2.24) is 4.90 Å². The van der Waals surface area contributed by atoms with E-state index in [2.05, 4.69) is 0 Å². The van der Waals surface area contributed by atoms with Crippen molar-refractivity contribution in [3.8, 4) is 0 Å². The van der Waals surface area contributed by atoms with E-state index in [1.807, 2.05) is 12.1 Å². The Morgan fingerprint density at radius 1 is 0.955 bits per heavy atom. The van der Waals surface area contributed by atoms with Gasteiger partial charge in [0, 0.05) is 10.6 Å². The molecular weight excluding hydrogens is 302 g/mol. The number of carbonyl (C=O) groups excluding carboxylic acids is 1. The van der Waals surface area contributed by atoms with Crippen LogP contribution in [0.2, 0.25) is 5.02 Å². The average Bonchev–Trinajstić information content (AvgIpc) is 3.19. The van der Waals surface area contributed by atoms with Crippen LogP contribution in [0.15, 0.2) is 69.9 Å². The van der Waals surface area contributed by atoms with Gasteiger partial charge >= 0.3 is 0 Å². The Bertz CT molecular complexity index is 699. The summed E-state index contributed by atoms with van der Waals surface area (Å²) in [5.41, 5.74) is 0.533. The van der Waals surface area contributed by atoms with Crippen LogP contribution in [-0.2, 0) is 13.1 Å². The molecular formula is C17H14ClNO3. The summed E-state index contributed by atoms with van der Waals surface area (Å²) in [6.45, 7) is 0.720. The summed E-state index contributed by atoms with van der Waals surface area (Å²) in [5.74, 6) is 1.29. The fraction of sp³-hybridized carbons (Fsp3) is 0.118. The molecule has 0 unspecified atom stereocenters. The minimum absolute atomic E-state index is 0.129. The van der Waals surface area contributed by atoms with E-state index in [1.165, 1.54) is 0 Å². The maximum atomic E-state index is 12.7. The predicted molar refractivity (Wildman–Crippen MR) is 82.4 cm³/mol. The molecule has 1 aromatic carbocycles. The number of halogens is 1. The van der Waals surface area contributed by atoms with E-state index in [1.54, 1.807) is 53.8 Å². The molecule has 0 saturated heterocycles. The van der Waals surface area contributed by atoms with Gasteiger partial charge in [0.05, 0.1) is 25.6 Å². The van der Waals surface area contributed by atoms with Gasteiger partial charge in [0.25, 0.3) is 5.91 Å². The average molecular weight is 316 g/mol. The van der Waals surface area contributed by atoms with E-state index in [-0.39, 0.29) is 5.91 Å². The monoisotopic (exact) mass is 315 g/mol. The second-order valence-corrected chi connectivity index (χ2v) is 5.27. The van der Waals surface area contributed by atoms with E-state index < -0.39 is 0 Å². The van der Waals surface area contributed by atoms with Crippen molar-refractivity contribution < 1.29 is 13.6 Å². The molecule has 0 spiro atoms. The molecule has 4 nitrogen and oxygen atoms in total. The molecule has 22 heavy (non-hydrogen) atoms. The van der Waals surface area contributed by atoms with E-state index in [9.17, 15) is 4.79 Å². The second kappa shape index (κ2) is 6.54. The van der Waals surface area contributed by atoms with E-state index in [0.717, 1.165) is 0 Å². The third-order valence-electron chi connectivity index (χ3n) is 3.21. The second-order valence-electron chi connectivity index (χ2n) is 4.83. The molecule has 5 heteroatoms. The van der Waals surface area contributed by atoms with Crippen LogP contribution in [0.4, 0.5) is 0 Å². The molecule has 0 N–H and O–H groups in total. The first-order chi connectivity index (χ1) is 10.7. The number of hydrogen-bond acceptors (Lipinski definition) is 3. The van der Waals surface area contributed by atoms with Gasteiger partial charge in [0.2, 0.25) is 0 Å². The number of rotatable bonds is 5. The summed E-state index contributed by atoms with van der Waals surface area (Å²) in [4.78, 5) is 14.4. The van der Waals surface area contributed by atoms with Gasteiger partial charge in [-0.3, -0.25) is 4.79 Å². The maximum absolute atomic E-state index is 12.7. The van der Waals surface area contributed by atoms with Crippen molar-refractivity contribution in [2.24, 2.45) is 0 Å². The first-order valence-corrected chi connectivity index (χ1v) is 7.20. The Morgan fingerprint density at radius 2 is 1.59 bits per heavy atom.